The van der Waals surface area contributed by atoms with E-state index in [0.29, 0.717) is 0 Å². The summed E-state index contributed by atoms with van der Waals surface area (Å²) in [7, 11) is 0. The highest BCUT2D eigenvalue weighted by Gasteiger charge is 2.22. The first kappa shape index (κ1) is 34.9. The molecule has 0 saturated carbocycles. The lowest BCUT2D eigenvalue weighted by atomic mass is 9.96. The van der Waals surface area contributed by atoms with Gasteiger partial charge in [-0.05, 0) is 99.9 Å². The van der Waals surface area contributed by atoms with Crippen molar-refractivity contribution in [2.24, 2.45) is 0 Å². The summed E-state index contributed by atoms with van der Waals surface area (Å²) < 4.78 is 9.06. The SMILES string of the molecule is c1ccc(-c2cccc(N(c3ccc(-c4cccc(-n5c6ccccc6c6ccccc65)c4)cc3)c3ccccc3-c3cccc4oc5c6ccccc6ccc5c34)c2)cc1. The van der Waals surface area contributed by atoms with Crippen molar-refractivity contribution >= 4 is 71.6 Å². The maximum absolute atomic E-state index is 6.68. The molecule has 2 aromatic heterocycles. The molecule has 12 aromatic rings. The summed E-state index contributed by atoms with van der Waals surface area (Å²) in [5, 5.41) is 7.04. The van der Waals surface area contributed by atoms with Crippen LogP contribution in [0.5, 0.6) is 0 Å². The van der Waals surface area contributed by atoms with Gasteiger partial charge in [0, 0.05) is 49.6 Å². The third-order valence-corrected chi connectivity index (χ3v) is 12.2. The molecule has 0 radical (unpaired) electrons. The second-order valence-electron chi connectivity index (χ2n) is 15.7. The summed E-state index contributed by atoms with van der Waals surface area (Å²) in [5.41, 5.74) is 15.5. The predicted molar refractivity (Wildman–Crippen MR) is 257 cm³/mol. The number of anilines is 3. The molecule has 0 unspecified atom stereocenters. The summed E-state index contributed by atoms with van der Waals surface area (Å²) in [5.74, 6) is 0. The van der Waals surface area contributed by atoms with Crippen molar-refractivity contribution in [1.82, 2.24) is 4.57 Å². The highest BCUT2D eigenvalue weighted by Crippen LogP contribution is 2.46. The topological polar surface area (TPSA) is 21.3 Å². The van der Waals surface area contributed by atoms with E-state index in [1.807, 2.05) is 0 Å². The second-order valence-corrected chi connectivity index (χ2v) is 15.7. The van der Waals surface area contributed by atoms with Gasteiger partial charge >= 0.3 is 0 Å². The van der Waals surface area contributed by atoms with Gasteiger partial charge in [0.05, 0.1) is 16.7 Å². The van der Waals surface area contributed by atoms with Crippen LogP contribution in [-0.4, -0.2) is 4.57 Å². The molecule has 286 valence electrons. The number of para-hydroxylation sites is 3. The van der Waals surface area contributed by atoms with Gasteiger partial charge in [0.25, 0.3) is 0 Å². The number of nitrogens with zero attached hydrogens (tertiary/aromatic N) is 2. The van der Waals surface area contributed by atoms with Crippen molar-refractivity contribution < 1.29 is 4.42 Å². The zero-order valence-electron chi connectivity index (χ0n) is 33.2. The van der Waals surface area contributed by atoms with Crippen molar-refractivity contribution in [1.29, 1.82) is 0 Å². The van der Waals surface area contributed by atoms with Gasteiger partial charge in [-0.25, -0.2) is 0 Å². The van der Waals surface area contributed by atoms with Gasteiger partial charge in [-0.2, -0.15) is 0 Å². The number of hydrogen-bond acceptors (Lipinski definition) is 2. The van der Waals surface area contributed by atoms with Crippen LogP contribution < -0.4 is 4.90 Å². The minimum Gasteiger partial charge on any atom is -0.455 e. The Bertz CT molecular complexity index is 3540. The Balaban J connectivity index is 1.01. The first-order valence-corrected chi connectivity index (χ1v) is 20.8. The minimum absolute atomic E-state index is 0.878. The van der Waals surface area contributed by atoms with Gasteiger partial charge in [0.15, 0.2) is 0 Å². The molecule has 3 nitrogen and oxygen atoms in total. The molecule has 3 heteroatoms. The fourth-order valence-corrected chi connectivity index (χ4v) is 9.39. The molecule has 0 N–H and O–H groups in total. The molecule has 0 spiro atoms. The normalized spacial score (nSPS) is 11.6. The Morgan fingerprint density at radius 1 is 0.361 bits per heavy atom. The van der Waals surface area contributed by atoms with Gasteiger partial charge in [0.1, 0.15) is 11.2 Å². The van der Waals surface area contributed by atoms with E-state index in [0.717, 1.165) is 77.9 Å². The van der Waals surface area contributed by atoms with E-state index >= 15 is 0 Å². The molecule has 0 amide bonds. The van der Waals surface area contributed by atoms with Gasteiger partial charge in [-0.15, -0.1) is 0 Å². The van der Waals surface area contributed by atoms with Crippen LogP contribution in [0.3, 0.4) is 0 Å². The molecule has 12 rings (SSSR count). The van der Waals surface area contributed by atoms with Crippen molar-refractivity contribution in [3.05, 3.63) is 231 Å². The second kappa shape index (κ2) is 14.3. The lowest BCUT2D eigenvalue weighted by Crippen LogP contribution is -2.11. The Morgan fingerprint density at radius 3 is 1.77 bits per heavy atom. The maximum Gasteiger partial charge on any atom is 0.143 e. The predicted octanol–water partition coefficient (Wildman–Crippen LogP) is 16.3. The summed E-state index contributed by atoms with van der Waals surface area (Å²) >= 11 is 0. The third kappa shape index (κ3) is 5.82. The number of rotatable bonds is 7. The molecule has 0 aliphatic heterocycles. The summed E-state index contributed by atoms with van der Waals surface area (Å²) in [4.78, 5) is 2.40. The van der Waals surface area contributed by atoms with E-state index in [4.69, 9.17) is 4.42 Å². The van der Waals surface area contributed by atoms with E-state index in [1.54, 1.807) is 0 Å². The van der Waals surface area contributed by atoms with Gasteiger partial charge in [0.2, 0.25) is 0 Å². The fraction of sp³-hybridized carbons (Fsp3) is 0. The number of fused-ring (bicyclic) bond motifs is 8. The molecule has 0 aliphatic rings. The Kier molecular flexibility index (Phi) is 8.17. The lowest BCUT2D eigenvalue weighted by Gasteiger charge is -2.28. The number of aromatic nitrogens is 1. The van der Waals surface area contributed by atoms with E-state index in [2.05, 4.69) is 240 Å². The van der Waals surface area contributed by atoms with Crippen LogP contribution in [0.15, 0.2) is 235 Å². The molecule has 0 atom stereocenters. The zero-order valence-corrected chi connectivity index (χ0v) is 33.2. The monoisotopic (exact) mass is 778 g/mol. The first-order valence-electron chi connectivity index (χ1n) is 20.8. The standard InChI is InChI=1S/C58H38N2O/c1-2-15-39(16-3-1)42-18-12-20-45(37-42)59(53-27-9-8-25-50(53)51-26-14-30-56-57(51)52-36-33-41-17-4-5-22-47(41)58(52)61-56)44-34-31-40(32-35-44)43-19-13-21-46(38-43)60-54-28-10-6-23-48(54)49-24-7-11-29-55(49)60/h1-38H. The lowest BCUT2D eigenvalue weighted by molar-refractivity contribution is 0.673. The third-order valence-electron chi connectivity index (χ3n) is 12.2. The average Bonchev–Trinajstić information content (AvgIpc) is 3.89. The largest absolute Gasteiger partial charge is 0.455 e. The molecule has 10 aromatic carbocycles. The van der Waals surface area contributed by atoms with Crippen LogP contribution in [-0.2, 0) is 0 Å². The Hall–Kier alpha value is -8.14. The number of furan rings is 1. The van der Waals surface area contributed by atoms with Crippen LogP contribution in [0.4, 0.5) is 17.1 Å². The van der Waals surface area contributed by atoms with Gasteiger partial charge < -0.3 is 13.9 Å². The van der Waals surface area contributed by atoms with Crippen molar-refractivity contribution in [2.45, 2.75) is 0 Å². The summed E-state index contributed by atoms with van der Waals surface area (Å²) in [6, 6.07) is 82.9. The smallest absolute Gasteiger partial charge is 0.143 e. The Morgan fingerprint density at radius 2 is 0.967 bits per heavy atom. The number of benzene rings is 10. The van der Waals surface area contributed by atoms with E-state index < -0.39 is 0 Å². The minimum atomic E-state index is 0.878. The molecule has 0 aliphatic carbocycles. The fourth-order valence-electron chi connectivity index (χ4n) is 9.39. The summed E-state index contributed by atoms with van der Waals surface area (Å²) in [6.07, 6.45) is 0. The molecule has 0 saturated heterocycles. The van der Waals surface area contributed by atoms with Gasteiger partial charge in [-0.1, -0.05) is 164 Å². The average molecular weight is 779 g/mol. The Labute approximate surface area is 353 Å². The summed E-state index contributed by atoms with van der Waals surface area (Å²) in [6.45, 7) is 0. The quantitative estimate of drug-likeness (QED) is 0.161. The van der Waals surface area contributed by atoms with E-state index in [1.165, 1.54) is 32.8 Å². The van der Waals surface area contributed by atoms with Gasteiger partial charge in [-0.3, -0.25) is 0 Å². The van der Waals surface area contributed by atoms with Crippen LogP contribution in [0.2, 0.25) is 0 Å². The van der Waals surface area contributed by atoms with Crippen LogP contribution >= 0.6 is 0 Å². The molecule has 0 fully saturated rings. The first-order chi connectivity index (χ1) is 30.3. The molecular weight excluding hydrogens is 741 g/mol. The van der Waals surface area contributed by atoms with Crippen molar-refractivity contribution in [3.8, 4) is 39.1 Å². The van der Waals surface area contributed by atoms with E-state index in [9.17, 15) is 0 Å². The molecular formula is C58H38N2O. The van der Waals surface area contributed by atoms with Crippen LogP contribution in [0.25, 0.3) is 93.6 Å². The molecule has 61 heavy (non-hydrogen) atoms. The van der Waals surface area contributed by atoms with Crippen LogP contribution in [0.1, 0.15) is 0 Å². The maximum atomic E-state index is 6.68. The zero-order chi connectivity index (χ0) is 40.3. The van der Waals surface area contributed by atoms with Crippen molar-refractivity contribution in [2.75, 3.05) is 4.90 Å². The highest BCUT2D eigenvalue weighted by atomic mass is 16.3. The van der Waals surface area contributed by atoms with Crippen molar-refractivity contribution in [3.63, 3.8) is 0 Å². The molecule has 0 bridgehead atoms. The van der Waals surface area contributed by atoms with Crippen LogP contribution in [0, 0.1) is 0 Å². The number of hydrogen-bond donors (Lipinski definition) is 0. The highest BCUT2D eigenvalue weighted by molar-refractivity contribution is 6.20. The van der Waals surface area contributed by atoms with E-state index in [-0.39, 0.29) is 0 Å². The molecule has 2 heterocycles.